The van der Waals surface area contributed by atoms with Crippen LogP contribution in [-0.4, -0.2) is 13.0 Å². The molecule has 4 heteroatoms. The van der Waals surface area contributed by atoms with Crippen LogP contribution in [-0.2, 0) is 23.0 Å². The fourth-order valence-electron chi connectivity index (χ4n) is 4.91. The molecule has 0 aliphatic heterocycles. The largest absolute Gasteiger partial charge is 0.294 e. The molecule has 192 valence electrons. The van der Waals surface area contributed by atoms with Crippen molar-refractivity contribution in [3.63, 3.8) is 0 Å². The summed E-state index contributed by atoms with van der Waals surface area (Å²) in [4.78, 5) is -0.00648. The first-order chi connectivity index (χ1) is 16.5. The summed E-state index contributed by atoms with van der Waals surface area (Å²) in [5.41, 5.74) is 2.58. The predicted octanol–water partition coefficient (Wildman–Crippen LogP) is 9.45. The molecular weight excluding hydrogens is 440 g/mol. The lowest BCUT2D eigenvalue weighted by Crippen LogP contribution is -1.99. The van der Waals surface area contributed by atoms with Crippen molar-refractivity contribution in [3.8, 4) is 0 Å². The Morgan fingerprint density at radius 3 is 1.65 bits per heavy atom. The SMILES string of the molecule is CCCCCCCCCCc1cc(CCCCCCCCCC)c2cc(S(=O)(=O)O)ccc2c1. The van der Waals surface area contributed by atoms with Gasteiger partial charge < -0.3 is 0 Å². The summed E-state index contributed by atoms with van der Waals surface area (Å²) in [6.07, 6.45) is 22.8. The van der Waals surface area contributed by atoms with Crippen molar-refractivity contribution in [3.05, 3.63) is 41.5 Å². The van der Waals surface area contributed by atoms with Gasteiger partial charge in [-0.1, -0.05) is 122 Å². The van der Waals surface area contributed by atoms with E-state index in [4.69, 9.17) is 0 Å². The zero-order chi connectivity index (χ0) is 24.7. The summed E-state index contributed by atoms with van der Waals surface area (Å²) in [6, 6.07) is 9.54. The maximum atomic E-state index is 11.7. The molecular formula is C30H48O3S. The lowest BCUT2D eigenvalue weighted by molar-refractivity contribution is 0.483. The Morgan fingerprint density at radius 2 is 1.12 bits per heavy atom. The third-order valence-electron chi connectivity index (χ3n) is 6.99. The number of rotatable bonds is 19. The number of fused-ring (bicyclic) bond motifs is 1. The van der Waals surface area contributed by atoms with Crippen molar-refractivity contribution in [2.75, 3.05) is 0 Å². The second-order valence-electron chi connectivity index (χ2n) is 10.1. The Morgan fingerprint density at radius 1 is 0.618 bits per heavy atom. The molecule has 0 fully saturated rings. The highest BCUT2D eigenvalue weighted by Crippen LogP contribution is 2.27. The van der Waals surface area contributed by atoms with Gasteiger partial charge in [-0.25, -0.2) is 0 Å². The van der Waals surface area contributed by atoms with Gasteiger partial charge in [-0.15, -0.1) is 0 Å². The van der Waals surface area contributed by atoms with Crippen LogP contribution in [0.1, 0.15) is 128 Å². The standard InChI is InChI=1S/C30H48O3S/c1-3-5-7-9-11-13-15-17-19-26-23-27(20-18-16-14-12-10-8-6-4-2)30-25-29(34(31,32)33)22-21-28(30)24-26/h21-25H,3-20H2,1-2H3,(H,31,32,33). The fraction of sp³-hybridized carbons (Fsp3) is 0.667. The van der Waals surface area contributed by atoms with Crippen molar-refractivity contribution in [1.82, 2.24) is 0 Å². The molecule has 0 heterocycles. The smallest absolute Gasteiger partial charge is 0.282 e. The van der Waals surface area contributed by atoms with Gasteiger partial charge in [0.05, 0.1) is 4.90 Å². The zero-order valence-corrected chi connectivity index (χ0v) is 22.6. The minimum atomic E-state index is -4.19. The number of aryl methyl sites for hydroxylation is 2. The summed E-state index contributed by atoms with van der Waals surface area (Å²) in [6.45, 7) is 4.51. The van der Waals surface area contributed by atoms with Crippen LogP contribution in [0, 0.1) is 0 Å². The molecule has 0 unspecified atom stereocenters. The quantitative estimate of drug-likeness (QED) is 0.158. The van der Waals surface area contributed by atoms with Crippen LogP contribution in [0.3, 0.4) is 0 Å². The van der Waals surface area contributed by atoms with E-state index in [-0.39, 0.29) is 4.90 Å². The van der Waals surface area contributed by atoms with Crippen LogP contribution in [0.15, 0.2) is 35.2 Å². The number of unbranched alkanes of at least 4 members (excludes halogenated alkanes) is 14. The Kier molecular flexibility index (Phi) is 13.8. The van der Waals surface area contributed by atoms with E-state index < -0.39 is 10.1 Å². The Bertz CT molecular complexity index is 933. The predicted molar refractivity (Wildman–Crippen MR) is 146 cm³/mol. The minimum absolute atomic E-state index is 0.00648. The first kappa shape index (κ1) is 28.8. The number of hydrogen-bond donors (Lipinski definition) is 1. The van der Waals surface area contributed by atoms with Crippen LogP contribution >= 0.6 is 0 Å². The molecule has 1 N–H and O–H groups in total. The monoisotopic (exact) mass is 488 g/mol. The molecule has 2 rings (SSSR count). The van der Waals surface area contributed by atoms with E-state index in [1.807, 2.05) is 6.07 Å². The molecule has 34 heavy (non-hydrogen) atoms. The van der Waals surface area contributed by atoms with Crippen LogP contribution in [0.25, 0.3) is 10.8 Å². The van der Waals surface area contributed by atoms with Gasteiger partial charge in [0.1, 0.15) is 0 Å². The second kappa shape index (κ2) is 16.3. The normalized spacial score (nSPS) is 12.0. The third kappa shape index (κ3) is 10.9. The van der Waals surface area contributed by atoms with Crippen LogP contribution < -0.4 is 0 Å². The van der Waals surface area contributed by atoms with Crippen LogP contribution in [0.5, 0.6) is 0 Å². The van der Waals surface area contributed by atoms with Crippen molar-refractivity contribution in [1.29, 1.82) is 0 Å². The topological polar surface area (TPSA) is 54.4 Å². The lowest BCUT2D eigenvalue weighted by Gasteiger charge is -2.12. The summed E-state index contributed by atoms with van der Waals surface area (Å²) < 4.78 is 32.9. The van der Waals surface area contributed by atoms with Gasteiger partial charge in [0.2, 0.25) is 0 Å². The van der Waals surface area contributed by atoms with E-state index in [9.17, 15) is 13.0 Å². The number of hydrogen-bond acceptors (Lipinski definition) is 2. The molecule has 0 aliphatic rings. The van der Waals surface area contributed by atoms with Gasteiger partial charge in [0.15, 0.2) is 0 Å². The fourth-order valence-corrected chi connectivity index (χ4v) is 5.41. The van der Waals surface area contributed by atoms with Crippen molar-refractivity contribution >= 4 is 20.9 Å². The van der Waals surface area contributed by atoms with E-state index in [0.29, 0.717) is 0 Å². The lowest BCUT2D eigenvalue weighted by atomic mass is 9.94. The molecule has 2 aromatic rings. The van der Waals surface area contributed by atoms with Gasteiger partial charge in [0.25, 0.3) is 10.1 Å². The van der Waals surface area contributed by atoms with Crippen LogP contribution in [0.2, 0.25) is 0 Å². The molecule has 0 bridgehead atoms. The van der Waals surface area contributed by atoms with Crippen molar-refractivity contribution in [2.45, 2.75) is 134 Å². The van der Waals surface area contributed by atoms with E-state index in [2.05, 4.69) is 26.0 Å². The first-order valence-corrected chi connectivity index (χ1v) is 15.4. The highest BCUT2D eigenvalue weighted by atomic mass is 32.2. The van der Waals surface area contributed by atoms with Gasteiger partial charge >= 0.3 is 0 Å². The Balaban J connectivity index is 1.97. The molecule has 0 atom stereocenters. The molecule has 0 aliphatic carbocycles. The molecule has 0 aromatic heterocycles. The van der Waals surface area contributed by atoms with E-state index in [1.165, 1.54) is 114 Å². The average Bonchev–Trinajstić information content (AvgIpc) is 2.81. The second-order valence-corrected chi connectivity index (χ2v) is 11.5. The maximum absolute atomic E-state index is 11.7. The van der Waals surface area contributed by atoms with Gasteiger partial charge in [-0.05, 0) is 59.7 Å². The molecule has 0 radical (unpaired) electrons. The average molecular weight is 489 g/mol. The molecule has 0 saturated heterocycles. The molecule has 0 amide bonds. The van der Waals surface area contributed by atoms with E-state index in [0.717, 1.165) is 30.0 Å². The zero-order valence-electron chi connectivity index (χ0n) is 21.8. The van der Waals surface area contributed by atoms with Gasteiger partial charge in [-0.2, -0.15) is 8.42 Å². The molecule has 0 saturated carbocycles. The van der Waals surface area contributed by atoms with Crippen LogP contribution in [0.4, 0.5) is 0 Å². The van der Waals surface area contributed by atoms with Gasteiger partial charge in [0, 0.05) is 0 Å². The summed E-state index contributed by atoms with van der Waals surface area (Å²) in [7, 11) is -4.19. The Labute approximate surface area is 209 Å². The highest BCUT2D eigenvalue weighted by molar-refractivity contribution is 7.85. The maximum Gasteiger partial charge on any atom is 0.294 e. The molecule has 3 nitrogen and oxygen atoms in total. The summed E-state index contributed by atoms with van der Waals surface area (Å²) in [5.74, 6) is 0. The van der Waals surface area contributed by atoms with E-state index in [1.54, 1.807) is 6.07 Å². The summed E-state index contributed by atoms with van der Waals surface area (Å²) in [5, 5.41) is 2.05. The van der Waals surface area contributed by atoms with Crippen molar-refractivity contribution < 1.29 is 13.0 Å². The van der Waals surface area contributed by atoms with Crippen molar-refractivity contribution in [2.24, 2.45) is 0 Å². The number of benzene rings is 2. The van der Waals surface area contributed by atoms with E-state index >= 15 is 0 Å². The summed E-state index contributed by atoms with van der Waals surface area (Å²) >= 11 is 0. The molecule has 2 aromatic carbocycles. The van der Waals surface area contributed by atoms with Gasteiger partial charge in [-0.3, -0.25) is 4.55 Å². The Hall–Kier alpha value is -1.39. The third-order valence-corrected chi connectivity index (χ3v) is 7.84. The molecule has 0 spiro atoms. The highest BCUT2D eigenvalue weighted by Gasteiger charge is 2.12. The minimum Gasteiger partial charge on any atom is -0.282 e. The first-order valence-electron chi connectivity index (χ1n) is 14.0.